The number of anilines is 2. The van der Waals surface area contributed by atoms with Crippen molar-refractivity contribution in [2.45, 2.75) is 98.4 Å². The highest BCUT2D eigenvalue weighted by atomic mass is 16.2. The molecule has 0 atom stereocenters. The van der Waals surface area contributed by atoms with Gasteiger partial charge in [-0.05, 0) is 74.7 Å². The predicted octanol–water partition coefficient (Wildman–Crippen LogP) is 9.15. The summed E-state index contributed by atoms with van der Waals surface area (Å²) in [6.45, 7) is 9.81. The Balaban J connectivity index is 1.70. The van der Waals surface area contributed by atoms with Crippen molar-refractivity contribution in [1.29, 1.82) is 0 Å². The van der Waals surface area contributed by atoms with E-state index in [2.05, 4.69) is 35.1 Å². The summed E-state index contributed by atoms with van der Waals surface area (Å²) in [5, 5.41) is 3.60. The molecule has 1 amide bonds. The molecule has 46 heavy (non-hydrogen) atoms. The van der Waals surface area contributed by atoms with Crippen LogP contribution in [0, 0.1) is 13.8 Å². The second kappa shape index (κ2) is 17.4. The number of rotatable bonds is 17. The Kier molecular flexibility index (Phi) is 13.1. The van der Waals surface area contributed by atoms with Crippen LogP contribution in [0.15, 0.2) is 76.5 Å². The Morgan fingerprint density at radius 2 is 1.48 bits per heavy atom. The highest BCUT2D eigenvalue weighted by molar-refractivity contribution is 6.48. The quantitative estimate of drug-likeness (QED) is 0.0942. The first-order valence-corrected chi connectivity index (χ1v) is 17.1. The van der Waals surface area contributed by atoms with E-state index in [9.17, 15) is 9.59 Å². The lowest BCUT2D eigenvalue weighted by atomic mass is 10.1. The van der Waals surface area contributed by atoms with Crippen LogP contribution in [0.1, 0.15) is 95.0 Å². The van der Waals surface area contributed by atoms with Crippen LogP contribution in [0.2, 0.25) is 0 Å². The number of aryl methyl sites for hydroxylation is 3. The first kappa shape index (κ1) is 34.6. The van der Waals surface area contributed by atoms with Crippen molar-refractivity contribution in [2.75, 3.05) is 23.8 Å². The van der Waals surface area contributed by atoms with Crippen molar-refractivity contribution in [3.63, 3.8) is 0 Å². The lowest BCUT2D eigenvalue weighted by Gasteiger charge is -2.19. The number of amides is 1. The van der Waals surface area contributed by atoms with Gasteiger partial charge in [0.05, 0.1) is 16.6 Å². The van der Waals surface area contributed by atoms with E-state index in [1.54, 1.807) is 6.07 Å². The van der Waals surface area contributed by atoms with Crippen molar-refractivity contribution in [3.8, 4) is 0 Å². The van der Waals surface area contributed by atoms with E-state index in [4.69, 9.17) is 4.99 Å². The number of hydrogen-bond donors (Lipinski definition) is 1. The molecule has 0 saturated heterocycles. The molecular formula is C39H51N5O2. The SMILES string of the molecule is CCCCCCCCCCCCn1c(C(=Nc2ccc(N(C)CC)cc2C)C(=O)Nc2ccccc2C)nc(=O)c2ccccc21. The van der Waals surface area contributed by atoms with E-state index in [0.717, 1.165) is 41.7 Å². The number of carbonyl (C=O) groups excluding carboxylic acids is 1. The fraction of sp³-hybridized carbons (Fsp3) is 0.436. The highest BCUT2D eigenvalue weighted by Crippen LogP contribution is 2.26. The highest BCUT2D eigenvalue weighted by Gasteiger charge is 2.23. The first-order valence-electron chi connectivity index (χ1n) is 17.1. The summed E-state index contributed by atoms with van der Waals surface area (Å²) in [6, 6.07) is 21.2. The third kappa shape index (κ3) is 9.15. The third-order valence-corrected chi connectivity index (χ3v) is 8.77. The lowest BCUT2D eigenvalue weighted by Crippen LogP contribution is -2.31. The van der Waals surface area contributed by atoms with E-state index in [-0.39, 0.29) is 11.3 Å². The fourth-order valence-electron chi connectivity index (χ4n) is 5.79. The largest absolute Gasteiger partial charge is 0.375 e. The lowest BCUT2D eigenvalue weighted by molar-refractivity contribution is -0.110. The molecule has 0 saturated carbocycles. The predicted molar refractivity (Wildman–Crippen MR) is 194 cm³/mol. The van der Waals surface area contributed by atoms with Crippen LogP contribution in [-0.4, -0.2) is 34.8 Å². The van der Waals surface area contributed by atoms with Gasteiger partial charge in [0.15, 0.2) is 11.5 Å². The topological polar surface area (TPSA) is 79.6 Å². The summed E-state index contributed by atoms with van der Waals surface area (Å²) in [7, 11) is 2.05. The molecule has 1 aromatic heterocycles. The monoisotopic (exact) mass is 621 g/mol. The van der Waals surface area contributed by atoms with Crippen molar-refractivity contribution in [2.24, 2.45) is 4.99 Å². The number of aromatic nitrogens is 2. The molecule has 1 heterocycles. The molecule has 0 aliphatic heterocycles. The van der Waals surface area contributed by atoms with E-state index in [1.165, 1.54) is 51.4 Å². The minimum absolute atomic E-state index is 0.123. The maximum Gasteiger partial charge on any atom is 0.281 e. The van der Waals surface area contributed by atoms with Gasteiger partial charge in [-0.2, -0.15) is 4.98 Å². The zero-order valence-corrected chi connectivity index (χ0v) is 28.4. The molecule has 0 radical (unpaired) electrons. The van der Waals surface area contributed by atoms with Gasteiger partial charge in [-0.15, -0.1) is 0 Å². The summed E-state index contributed by atoms with van der Waals surface area (Å²) in [5.74, 6) is -0.109. The van der Waals surface area contributed by atoms with Crippen molar-refractivity contribution < 1.29 is 4.79 Å². The first-order chi connectivity index (χ1) is 22.3. The third-order valence-electron chi connectivity index (χ3n) is 8.77. The van der Waals surface area contributed by atoms with Crippen LogP contribution in [-0.2, 0) is 11.3 Å². The number of carbonyl (C=O) groups is 1. The van der Waals surface area contributed by atoms with E-state index in [1.807, 2.05) is 80.1 Å². The molecule has 0 unspecified atom stereocenters. The number of para-hydroxylation sites is 2. The Hall–Kier alpha value is -4.26. The molecule has 4 aromatic rings. The van der Waals surface area contributed by atoms with Crippen LogP contribution in [0.4, 0.5) is 17.1 Å². The maximum atomic E-state index is 14.1. The van der Waals surface area contributed by atoms with Gasteiger partial charge in [0.1, 0.15) is 0 Å². The molecular weight excluding hydrogens is 570 g/mol. The van der Waals surface area contributed by atoms with Gasteiger partial charge in [-0.3, -0.25) is 9.59 Å². The van der Waals surface area contributed by atoms with Crippen LogP contribution in [0.5, 0.6) is 0 Å². The number of fused-ring (bicyclic) bond motifs is 1. The zero-order valence-electron chi connectivity index (χ0n) is 28.4. The zero-order chi connectivity index (χ0) is 32.9. The average Bonchev–Trinajstić information content (AvgIpc) is 3.06. The second-order valence-electron chi connectivity index (χ2n) is 12.3. The van der Waals surface area contributed by atoms with Crippen LogP contribution < -0.4 is 15.8 Å². The Morgan fingerprint density at radius 3 is 2.15 bits per heavy atom. The summed E-state index contributed by atoms with van der Waals surface area (Å²) in [4.78, 5) is 39.2. The molecule has 0 spiro atoms. The molecule has 7 heteroatoms. The van der Waals surface area contributed by atoms with Crippen molar-refractivity contribution in [1.82, 2.24) is 9.55 Å². The van der Waals surface area contributed by atoms with Crippen LogP contribution in [0.25, 0.3) is 10.9 Å². The summed E-state index contributed by atoms with van der Waals surface area (Å²) in [5.41, 5.74) is 4.83. The Labute approximate surface area is 274 Å². The van der Waals surface area contributed by atoms with E-state index < -0.39 is 5.91 Å². The minimum atomic E-state index is -0.401. The van der Waals surface area contributed by atoms with Crippen molar-refractivity contribution >= 4 is 39.6 Å². The minimum Gasteiger partial charge on any atom is -0.375 e. The standard InChI is InChI=1S/C39H51N5O2/c1-6-8-9-10-11-12-13-14-15-20-27-44-35-24-19-17-22-32(35)38(45)42-37(44)36(39(46)41-33-23-18-16-21-29(33)3)40-34-26-25-31(28-30(34)4)43(5)7-2/h16-19,21-26,28H,6-15,20,27H2,1-5H3,(H,41,46). The maximum absolute atomic E-state index is 14.1. The van der Waals surface area contributed by atoms with Crippen LogP contribution >= 0.6 is 0 Å². The molecule has 0 aliphatic rings. The number of unbranched alkanes of at least 4 members (excludes halogenated alkanes) is 9. The fourth-order valence-corrected chi connectivity index (χ4v) is 5.79. The molecule has 0 aliphatic carbocycles. The Bertz CT molecular complexity index is 1690. The summed E-state index contributed by atoms with van der Waals surface area (Å²) >= 11 is 0. The average molecular weight is 622 g/mol. The smallest absolute Gasteiger partial charge is 0.281 e. The van der Waals surface area contributed by atoms with E-state index >= 15 is 0 Å². The number of nitrogens with zero attached hydrogens (tertiary/aromatic N) is 4. The molecule has 4 rings (SSSR count). The van der Waals surface area contributed by atoms with Gasteiger partial charge in [-0.1, -0.05) is 95.0 Å². The molecule has 1 N–H and O–H groups in total. The number of hydrogen-bond acceptors (Lipinski definition) is 5. The number of nitrogens with one attached hydrogen (secondary N) is 1. The second-order valence-corrected chi connectivity index (χ2v) is 12.3. The van der Waals surface area contributed by atoms with Gasteiger partial charge in [0.25, 0.3) is 11.5 Å². The molecule has 3 aromatic carbocycles. The number of benzene rings is 3. The van der Waals surface area contributed by atoms with Gasteiger partial charge in [-0.25, -0.2) is 4.99 Å². The van der Waals surface area contributed by atoms with Gasteiger partial charge < -0.3 is 14.8 Å². The molecule has 7 nitrogen and oxygen atoms in total. The van der Waals surface area contributed by atoms with Crippen molar-refractivity contribution in [3.05, 3.63) is 94.0 Å². The Morgan fingerprint density at radius 1 is 0.826 bits per heavy atom. The van der Waals surface area contributed by atoms with Gasteiger partial charge >= 0.3 is 0 Å². The molecule has 0 bridgehead atoms. The summed E-state index contributed by atoms with van der Waals surface area (Å²) in [6.07, 6.45) is 12.3. The summed E-state index contributed by atoms with van der Waals surface area (Å²) < 4.78 is 2.02. The van der Waals surface area contributed by atoms with Gasteiger partial charge in [0.2, 0.25) is 0 Å². The number of aliphatic imine (C=N–C) groups is 1. The normalized spacial score (nSPS) is 11.6. The molecule has 0 fully saturated rings. The molecule has 244 valence electrons. The van der Waals surface area contributed by atoms with E-state index in [0.29, 0.717) is 29.1 Å². The van der Waals surface area contributed by atoms with Gasteiger partial charge in [0, 0.05) is 31.5 Å². The van der Waals surface area contributed by atoms with Crippen LogP contribution in [0.3, 0.4) is 0 Å².